The number of aryl methyl sites for hydroxylation is 1. The molecule has 0 amide bonds. The summed E-state index contributed by atoms with van der Waals surface area (Å²) in [4.78, 5) is 2.84. The molecule has 1 aliphatic rings. The molecule has 0 spiro atoms. The average molecular weight is 215 g/mol. The lowest BCUT2D eigenvalue weighted by Gasteiger charge is -2.29. The van der Waals surface area contributed by atoms with Gasteiger partial charge in [0.15, 0.2) is 0 Å². The number of halogens is 1. The van der Waals surface area contributed by atoms with E-state index in [2.05, 4.69) is 19.1 Å². The molecule has 0 bridgehead atoms. The molecule has 0 aromatic carbocycles. The Morgan fingerprint density at radius 2 is 2.31 bits per heavy atom. The highest BCUT2D eigenvalue weighted by Gasteiger charge is 2.27. The molecule has 1 saturated carbocycles. The molecule has 1 unspecified atom stereocenters. The van der Waals surface area contributed by atoms with Crippen molar-refractivity contribution in [2.75, 3.05) is 0 Å². The molecule has 72 valence electrons. The second kappa shape index (κ2) is 4.02. The van der Waals surface area contributed by atoms with Gasteiger partial charge in [-0.15, -0.1) is 22.9 Å². The van der Waals surface area contributed by atoms with Crippen LogP contribution in [-0.4, -0.2) is 0 Å². The summed E-state index contributed by atoms with van der Waals surface area (Å²) in [6, 6.07) is 4.42. The molecular formula is C11H15ClS. The maximum absolute atomic E-state index is 6.39. The van der Waals surface area contributed by atoms with E-state index in [0.717, 1.165) is 12.3 Å². The van der Waals surface area contributed by atoms with E-state index in [1.165, 1.54) is 29.0 Å². The van der Waals surface area contributed by atoms with Gasteiger partial charge in [0.25, 0.3) is 0 Å². The molecule has 0 nitrogen and oxygen atoms in total. The Bertz CT molecular complexity index is 275. The second-order valence-electron chi connectivity index (χ2n) is 3.75. The summed E-state index contributed by atoms with van der Waals surface area (Å²) in [5.41, 5.74) is 0. The number of hydrogen-bond acceptors (Lipinski definition) is 1. The van der Waals surface area contributed by atoms with Crippen molar-refractivity contribution in [2.24, 2.45) is 5.92 Å². The average Bonchev–Trinajstić information content (AvgIpc) is 2.48. The maximum atomic E-state index is 6.39. The van der Waals surface area contributed by atoms with E-state index in [1.54, 1.807) is 0 Å². The monoisotopic (exact) mass is 214 g/mol. The minimum absolute atomic E-state index is 0.291. The minimum atomic E-state index is 0.291. The molecule has 0 radical (unpaired) electrons. The molecule has 2 heteroatoms. The highest BCUT2D eigenvalue weighted by molar-refractivity contribution is 7.12. The van der Waals surface area contributed by atoms with E-state index in [4.69, 9.17) is 11.6 Å². The van der Waals surface area contributed by atoms with E-state index in [9.17, 15) is 0 Å². The summed E-state index contributed by atoms with van der Waals surface area (Å²) in [7, 11) is 0. The van der Waals surface area contributed by atoms with Crippen LogP contribution in [0.3, 0.4) is 0 Å². The SMILES string of the molecule is CCc1ccc(C(Cl)C2CCC2)s1. The predicted molar refractivity (Wildman–Crippen MR) is 59.6 cm³/mol. The van der Waals surface area contributed by atoms with E-state index < -0.39 is 0 Å². The first-order valence-electron chi connectivity index (χ1n) is 5.04. The van der Waals surface area contributed by atoms with Crippen LogP contribution >= 0.6 is 22.9 Å². The van der Waals surface area contributed by atoms with Crippen molar-refractivity contribution >= 4 is 22.9 Å². The lowest BCUT2D eigenvalue weighted by atomic mass is 9.82. The Kier molecular flexibility index (Phi) is 2.95. The fourth-order valence-corrected chi connectivity index (χ4v) is 3.18. The fourth-order valence-electron chi connectivity index (χ4n) is 1.70. The zero-order valence-corrected chi connectivity index (χ0v) is 9.50. The largest absolute Gasteiger partial charge is 0.144 e. The first-order chi connectivity index (χ1) is 6.31. The Morgan fingerprint density at radius 3 is 2.77 bits per heavy atom. The van der Waals surface area contributed by atoms with Crippen LogP contribution in [0.2, 0.25) is 0 Å². The van der Waals surface area contributed by atoms with Crippen LogP contribution in [0, 0.1) is 5.92 Å². The molecule has 1 atom stereocenters. The van der Waals surface area contributed by atoms with Gasteiger partial charge in [-0.2, -0.15) is 0 Å². The zero-order valence-electron chi connectivity index (χ0n) is 7.92. The van der Waals surface area contributed by atoms with E-state index in [-0.39, 0.29) is 0 Å². The Morgan fingerprint density at radius 1 is 1.54 bits per heavy atom. The van der Waals surface area contributed by atoms with Crippen LogP contribution in [0.25, 0.3) is 0 Å². The molecule has 0 saturated heterocycles. The first-order valence-corrected chi connectivity index (χ1v) is 6.29. The third-order valence-electron chi connectivity index (χ3n) is 2.87. The third kappa shape index (κ3) is 1.92. The summed E-state index contributed by atoms with van der Waals surface area (Å²) in [5.74, 6) is 0.755. The summed E-state index contributed by atoms with van der Waals surface area (Å²) in [6.45, 7) is 2.20. The van der Waals surface area contributed by atoms with Crippen molar-refractivity contribution in [3.8, 4) is 0 Å². The van der Waals surface area contributed by atoms with Gasteiger partial charge in [0, 0.05) is 9.75 Å². The fraction of sp³-hybridized carbons (Fsp3) is 0.636. The molecule has 0 aliphatic heterocycles. The number of rotatable bonds is 3. The molecule has 0 N–H and O–H groups in total. The second-order valence-corrected chi connectivity index (χ2v) is 5.42. The van der Waals surface area contributed by atoms with Crippen LogP contribution in [0.5, 0.6) is 0 Å². The Hall–Kier alpha value is -0.0100. The van der Waals surface area contributed by atoms with Crippen molar-refractivity contribution in [3.05, 3.63) is 21.9 Å². The van der Waals surface area contributed by atoms with Gasteiger partial charge in [-0.1, -0.05) is 13.3 Å². The normalized spacial score (nSPS) is 19.8. The highest BCUT2D eigenvalue weighted by Crippen LogP contribution is 2.43. The van der Waals surface area contributed by atoms with E-state index >= 15 is 0 Å². The molecule has 1 aliphatic carbocycles. The molecule has 1 aromatic heterocycles. The van der Waals surface area contributed by atoms with Crippen LogP contribution in [0.4, 0.5) is 0 Å². The van der Waals surface area contributed by atoms with Gasteiger partial charge < -0.3 is 0 Å². The Labute approximate surface area is 88.9 Å². The smallest absolute Gasteiger partial charge is 0.0706 e. The van der Waals surface area contributed by atoms with Crippen molar-refractivity contribution in [3.63, 3.8) is 0 Å². The lowest BCUT2D eigenvalue weighted by Crippen LogP contribution is -2.15. The third-order valence-corrected chi connectivity index (χ3v) is 4.90. The molecule has 1 heterocycles. The minimum Gasteiger partial charge on any atom is -0.144 e. The van der Waals surface area contributed by atoms with Gasteiger partial charge in [0.2, 0.25) is 0 Å². The summed E-state index contributed by atoms with van der Waals surface area (Å²) >= 11 is 8.28. The first kappa shape index (κ1) is 9.54. The van der Waals surface area contributed by atoms with Gasteiger partial charge in [0.1, 0.15) is 0 Å². The predicted octanol–water partition coefficient (Wildman–Crippen LogP) is 4.39. The quantitative estimate of drug-likeness (QED) is 0.655. The van der Waals surface area contributed by atoms with Gasteiger partial charge in [-0.05, 0) is 37.3 Å². The standard InChI is InChI=1S/C11H15ClS/c1-2-9-6-7-10(13-9)11(12)8-4-3-5-8/h6-8,11H,2-5H2,1H3. The Balaban J connectivity index is 2.05. The topological polar surface area (TPSA) is 0 Å². The molecule has 1 fully saturated rings. The molecular weight excluding hydrogens is 200 g/mol. The van der Waals surface area contributed by atoms with Crippen LogP contribution in [-0.2, 0) is 6.42 Å². The molecule has 1 aromatic rings. The highest BCUT2D eigenvalue weighted by atomic mass is 35.5. The van der Waals surface area contributed by atoms with Crippen LogP contribution in [0.15, 0.2) is 12.1 Å². The van der Waals surface area contributed by atoms with Gasteiger partial charge >= 0.3 is 0 Å². The van der Waals surface area contributed by atoms with Crippen molar-refractivity contribution in [2.45, 2.75) is 38.0 Å². The van der Waals surface area contributed by atoms with Gasteiger partial charge in [-0.3, -0.25) is 0 Å². The van der Waals surface area contributed by atoms with E-state index in [1.807, 2.05) is 11.3 Å². The summed E-state index contributed by atoms with van der Waals surface area (Å²) < 4.78 is 0. The summed E-state index contributed by atoms with van der Waals surface area (Å²) in [6.07, 6.45) is 5.17. The van der Waals surface area contributed by atoms with Gasteiger partial charge in [-0.25, -0.2) is 0 Å². The molecule has 13 heavy (non-hydrogen) atoms. The van der Waals surface area contributed by atoms with Crippen LogP contribution < -0.4 is 0 Å². The van der Waals surface area contributed by atoms with Crippen molar-refractivity contribution < 1.29 is 0 Å². The number of alkyl halides is 1. The summed E-state index contributed by atoms with van der Waals surface area (Å²) in [5, 5.41) is 0.291. The lowest BCUT2D eigenvalue weighted by molar-refractivity contribution is 0.307. The van der Waals surface area contributed by atoms with Crippen LogP contribution in [0.1, 0.15) is 41.3 Å². The maximum Gasteiger partial charge on any atom is 0.0706 e. The van der Waals surface area contributed by atoms with Gasteiger partial charge in [0.05, 0.1) is 5.38 Å². The van der Waals surface area contributed by atoms with Crippen molar-refractivity contribution in [1.82, 2.24) is 0 Å². The zero-order chi connectivity index (χ0) is 9.26. The number of thiophene rings is 1. The number of hydrogen-bond donors (Lipinski definition) is 0. The van der Waals surface area contributed by atoms with Crippen molar-refractivity contribution in [1.29, 1.82) is 0 Å². The van der Waals surface area contributed by atoms with E-state index in [0.29, 0.717) is 5.38 Å². The molecule has 2 rings (SSSR count).